The molecule has 0 aromatic heterocycles. The third-order valence-corrected chi connectivity index (χ3v) is 4.97. The van der Waals surface area contributed by atoms with Crippen LogP contribution < -0.4 is 0 Å². The summed E-state index contributed by atoms with van der Waals surface area (Å²) in [6.07, 6.45) is 9.20. The van der Waals surface area contributed by atoms with Gasteiger partial charge in [0, 0.05) is 24.9 Å². The monoisotopic (exact) mass is 237 g/mol. The van der Waals surface area contributed by atoms with Gasteiger partial charge in [0.25, 0.3) is 0 Å². The van der Waals surface area contributed by atoms with Crippen molar-refractivity contribution in [2.45, 2.75) is 77.3 Å². The van der Waals surface area contributed by atoms with Crippen molar-refractivity contribution in [2.24, 2.45) is 5.41 Å². The number of carbonyl (C=O) groups excluding carboxylic acids is 1. The highest BCUT2D eigenvalue weighted by atomic mass is 16.1. The van der Waals surface area contributed by atoms with Crippen molar-refractivity contribution >= 4 is 5.78 Å². The Labute approximate surface area is 106 Å². The Bertz CT molecular complexity index is 265. The van der Waals surface area contributed by atoms with Crippen LogP contribution in [0.15, 0.2) is 0 Å². The number of hydrogen-bond donors (Lipinski definition) is 0. The molecule has 0 spiro atoms. The average Bonchev–Trinajstić information content (AvgIpc) is 2.29. The van der Waals surface area contributed by atoms with Gasteiger partial charge in [0.2, 0.25) is 0 Å². The molecule has 2 saturated carbocycles. The Hall–Kier alpha value is -0.370. The van der Waals surface area contributed by atoms with Gasteiger partial charge >= 0.3 is 0 Å². The van der Waals surface area contributed by atoms with Crippen LogP contribution in [0.4, 0.5) is 0 Å². The van der Waals surface area contributed by atoms with Gasteiger partial charge in [0.15, 0.2) is 0 Å². The quantitative estimate of drug-likeness (QED) is 0.733. The van der Waals surface area contributed by atoms with Crippen LogP contribution in [-0.4, -0.2) is 29.8 Å². The predicted molar refractivity (Wildman–Crippen MR) is 71.1 cm³/mol. The Kier molecular flexibility index (Phi) is 3.92. The first-order chi connectivity index (χ1) is 7.98. The van der Waals surface area contributed by atoms with Crippen molar-refractivity contribution in [1.29, 1.82) is 0 Å². The van der Waals surface area contributed by atoms with Gasteiger partial charge in [0.05, 0.1) is 0 Å². The molecule has 2 fully saturated rings. The predicted octanol–water partition coefficient (Wildman–Crippen LogP) is 3.40. The topological polar surface area (TPSA) is 20.3 Å². The van der Waals surface area contributed by atoms with E-state index in [9.17, 15) is 4.79 Å². The summed E-state index contributed by atoms with van der Waals surface area (Å²) in [4.78, 5) is 13.9. The SMILES string of the molecule is CN(C1CCC(=O)CC1)C1CCC(C)(C)CC1. The molecule has 0 saturated heterocycles. The lowest BCUT2D eigenvalue weighted by atomic mass is 9.75. The number of hydrogen-bond acceptors (Lipinski definition) is 2. The van der Waals surface area contributed by atoms with E-state index in [-0.39, 0.29) is 0 Å². The van der Waals surface area contributed by atoms with Crippen molar-refractivity contribution < 1.29 is 4.79 Å². The Morgan fingerprint density at radius 1 is 1.00 bits per heavy atom. The molecule has 0 unspecified atom stereocenters. The Morgan fingerprint density at radius 2 is 1.47 bits per heavy atom. The molecule has 0 aliphatic heterocycles. The number of nitrogens with zero attached hydrogens (tertiary/aromatic N) is 1. The van der Waals surface area contributed by atoms with Gasteiger partial charge < -0.3 is 4.90 Å². The van der Waals surface area contributed by atoms with Crippen LogP contribution in [0.1, 0.15) is 65.2 Å². The zero-order chi connectivity index (χ0) is 12.5. The van der Waals surface area contributed by atoms with E-state index in [2.05, 4.69) is 25.8 Å². The van der Waals surface area contributed by atoms with Gasteiger partial charge in [-0.05, 0) is 51.0 Å². The van der Waals surface area contributed by atoms with Crippen LogP contribution in [0.25, 0.3) is 0 Å². The first-order valence-corrected chi connectivity index (χ1v) is 7.21. The second kappa shape index (κ2) is 5.09. The molecule has 17 heavy (non-hydrogen) atoms. The normalized spacial score (nSPS) is 27.6. The maximum Gasteiger partial charge on any atom is 0.133 e. The Morgan fingerprint density at radius 3 is 2.00 bits per heavy atom. The van der Waals surface area contributed by atoms with Gasteiger partial charge in [-0.25, -0.2) is 0 Å². The van der Waals surface area contributed by atoms with Crippen molar-refractivity contribution in [2.75, 3.05) is 7.05 Å². The van der Waals surface area contributed by atoms with Gasteiger partial charge in [-0.15, -0.1) is 0 Å². The average molecular weight is 237 g/mol. The summed E-state index contributed by atoms with van der Waals surface area (Å²) < 4.78 is 0. The lowest BCUT2D eigenvalue weighted by Gasteiger charge is -2.42. The second-order valence-electron chi connectivity index (χ2n) is 6.83. The zero-order valence-electron chi connectivity index (χ0n) is 11.7. The van der Waals surface area contributed by atoms with E-state index in [1.54, 1.807) is 0 Å². The van der Waals surface area contributed by atoms with E-state index in [4.69, 9.17) is 0 Å². The summed E-state index contributed by atoms with van der Waals surface area (Å²) >= 11 is 0. The van der Waals surface area contributed by atoms with Crippen LogP contribution in [0, 0.1) is 5.41 Å². The molecule has 0 radical (unpaired) electrons. The summed E-state index contributed by atoms with van der Waals surface area (Å²) in [5.41, 5.74) is 0.555. The first-order valence-electron chi connectivity index (χ1n) is 7.21. The van der Waals surface area contributed by atoms with E-state index in [0.717, 1.165) is 31.7 Å². The minimum absolute atomic E-state index is 0.472. The molecule has 0 heterocycles. The van der Waals surface area contributed by atoms with Crippen LogP contribution in [0.5, 0.6) is 0 Å². The number of carbonyl (C=O) groups is 1. The minimum Gasteiger partial charge on any atom is -0.300 e. The lowest BCUT2D eigenvalue weighted by molar-refractivity contribution is -0.121. The lowest BCUT2D eigenvalue weighted by Crippen LogP contribution is -2.44. The van der Waals surface area contributed by atoms with Crippen LogP contribution >= 0.6 is 0 Å². The van der Waals surface area contributed by atoms with Crippen molar-refractivity contribution in [3.05, 3.63) is 0 Å². The molecule has 2 heteroatoms. The maximum atomic E-state index is 11.3. The molecule has 0 bridgehead atoms. The van der Waals surface area contributed by atoms with E-state index < -0.39 is 0 Å². The summed E-state index contributed by atoms with van der Waals surface area (Å²) in [6, 6.07) is 1.43. The fourth-order valence-electron chi connectivity index (χ4n) is 3.42. The Balaban J connectivity index is 1.84. The largest absolute Gasteiger partial charge is 0.300 e. The molecular formula is C15H27NO. The van der Waals surface area contributed by atoms with Gasteiger partial charge in [-0.1, -0.05) is 13.8 Å². The molecule has 0 atom stereocenters. The van der Waals surface area contributed by atoms with Crippen LogP contribution in [-0.2, 0) is 4.79 Å². The summed E-state index contributed by atoms with van der Waals surface area (Å²) in [5, 5.41) is 0. The number of ketones is 1. The fourth-order valence-corrected chi connectivity index (χ4v) is 3.42. The zero-order valence-corrected chi connectivity index (χ0v) is 11.7. The van der Waals surface area contributed by atoms with Crippen molar-refractivity contribution in [3.8, 4) is 0 Å². The molecule has 2 nitrogen and oxygen atoms in total. The number of rotatable bonds is 2. The molecule has 2 aliphatic carbocycles. The third-order valence-electron chi connectivity index (χ3n) is 4.97. The van der Waals surface area contributed by atoms with Gasteiger partial charge in [-0.2, -0.15) is 0 Å². The summed E-state index contributed by atoms with van der Waals surface area (Å²) in [6.45, 7) is 4.78. The molecule has 2 rings (SSSR count). The van der Waals surface area contributed by atoms with E-state index in [0.29, 0.717) is 17.2 Å². The van der Waals surface area contributed by atoms with Crippen molar-refractivity contribution in [3.63, 3.8) is 0 Å². The number of Topliss-reactive ketones (excluding diaryl/α,β-unsaturated/α-hetero) is 1. The highest BCUT2D eigenvalue weighted by Gasteiger charge is 2.32. The molecular weight excluding hydrogens is 210 g/mol. The second-order valence-corrected chi connectivity index (χ2v) is 6.83. The van der Waals surface area contributed by atoms with E-state index in [1.807, 2.05) is 0 Å². The highest BCUT2D eigenvalue weighted by Crippen LogP contribution is 2.37. The fraction of sp³-hybridized carbons (Fsp3) is 0.933. The molecule has 0 aromatic rings. The minimum atomic E-state index is 0.472. The molecule has 0 N–H and O–H groups in total. The third kappa shape index (κ3) is 3.31. The van der Waals surface area contributed by atoms with Gasteiger partial charge in [-0.3, -0.25) is 4.79 Å². The maximum absolute atomic E-state index is 11.3. The standard InChI is InChI=1S/C15H27NO/c1-15(2)10-8-13(9-11-15)16(3)12-4-6-14(17)7-5-12/h12-13H,4-11H2,1-3H3. The molecule has 98 valence electrons. The van der Waals surface area contributed by atoms with Crippen molar-refractivity contribution in [1.82, 2.24) is 4.90 Å². The van der Waals surface area contributed by atoms with E-state index in [1.165, 1.54) is 25.7 Å². The molecule has 0 aromatic carbocycles. The summed E-state index contributed by atoms with van der Waals surface area (Å²) in [5.74, 6) is 0.472. The molecule has 2 aliphatic rings. The first kappa shape index (κ1) is 13.1. The smallest absolute Gasteiger partial charge is 0.133 e. The highest BCUT2D eigenvalue weighted by molar-refractivity contribution is 5.79. The van der Waals surface area contributed by atoms with Gasteiger partial charge in [0.1, 0.15) is 5.78 Å². The van der Waals surface area contributed by atoms with E-state index >= 15 is 0 Å². The van der Waals surface area contributed by atoms with Crippen LogP contribution in [0.2, 0.25) is 0 Å². The summed E-state index contributed by atoms with van der Waals surface area (Å²) in [7, 11) is 2.28. The molecule has 0 amide bonds. The van der Waals surface area contributed by atoms with Crippen LogP contribution in [0.3, 0.4) is 0 Å².